The molecular weight excluding hydrogens is 188 g/mol. The summed E-state index contributed by atoms with van der Waals surface area (Å²) in [6, 6.07) is 2.14. The quantitative estimate of drug-likeness (QED) is 0.562. The third kappa shape index (κ3) is 3.18. The van der Waals surface area contributed by atoms with E-state index < -0.39 is 0 Å². The van der Waals surface area contributed by atoms with Crippen molar-refractivity contribution in [2.75, 3.05) is 0 Å². The molecule has 0 bridgehead atoms. The minimum Gasteiger partial charge on any atom is -0.303 e. The van der Waals surface area contributed by atoms with E-state index in [-0.39, 0.29) is 5.41 Å². The maximum Gasteiger partial charge on any atom is 0.120 e. The van der Waals surface area contributed by atoms with Crippen LogP contribution in [0.15, 0.2) is 6.07 Å². The Kier molecular flexibility index (Phi) is 3.66. The molecular formula is C12H20N2O. The summed E-state index contributed by atoms with van der Waals surface area (Å²) in [5.74, 6) is 0. The molecule has 1 rings (SSSR count). The Hall–Kier alpha value is -1.12. The van der Waals surface area contributed by atoms with E-state index in [9.17, 15) is 4.79 Å². The minimum absolute atomic E-state index is 0.0979. The van der Waals surface area contributed by atoms with Gasteiger partial charge in [-0.25, -0.2) is 0 Å². The molecule has 84 valence electrons. The Bertz CT molecular complexity index is 334. The lowest BCUT2D eigenvalue weighted by Gasteiger charge is -2.13. The monoisotopic (exact) mass is 208 g/mol. The normalized spacial score (nSPS) is 11.7. The minimum atomic E-state index is 0.0979. The van der Waals surface area contributed by atoms with Crippen molar-refractivity contribution in [3.8, 4) is 0 Å². The van der Waals surface area contributed by atoms with E-state index in [1.807, 2.05) is 11.7 Å². The van der Waals surface area contributed by atoms with Gasteiger partial charge in [0.05, 0.1) is 5.69 Å². The highest BCUT2D eigenvalue weighted by Crippen LogP contribution is 2.21. The Labute approximate surface area is 91.5 Å². The lowest BCUT2D eigenvalue weighted by molar-refractivity contribution is -0.107. The van der Waals surface area contributed by atoms with E-state index in [0.717, 1.165) is 24.8 Å². The maximum absolute atomic E-state index is 10.2. The number of nitrogens with zero attached hydrogens (tertiary/aromatic N) is 2. The molecule has 1 aromatic heterocycles. The summed E-state index contributed by atoms with van der Waals surface area (Å²) in [4.78, 5) is 10.2. The van der Waals surface area contributed by atoms with Crippen molar-refractivity contribution in [3.63, 3.8) is 0 Å². The van der Waals surface area contributed by atoms with Crippen LogP contribution in [-0.4, -0.2) is 16.1 Å². The number of aromatic nitrogens is 2. The first-order valence-corrected chi connectivity index (χ1v) is 5.42. The number of unbranched alkanes of at least 4 members (excludes halogenated alkanes) is 1. The number of hydrogen-bond acceptors (Lipinski definition) is 2. The molecule has 0 saturated carbocycles. The smallest absolute Gasteiger partial charge is 0.120 e. The van der Waals surface area contributed by atoms with Gasteiger partial charge in [0.25, 0.3) is 0 Å². The number of carbonyl (C=O) groups is 1. The second-order valence-corrected chi connectivity index (χ2v) is 4.95. The summed E-state index contributed by atoms with van der Waals surface area (Å²) >= 11 is 0. The van der Waals surface area contributed by atoms with Crippen LogP contribution in [0.1, 0.15) is 45.0 Å². The number of aryl methyl sites for hydroxylation is 2. The van der Waals surface area contributed by atoms with Gasteiger partial charge in [-0.1, -0.05) is 20.8 Å². The zero-order valence-corrected chi connectivity index (χ0v) is 10.1. The van der Waals surface area contributed by atoms with Gasteiger partial charge in [0.1, 0.15) is 6.29 Å². The zero-order valence-electron chi connectivity index (χ0n) is 10.1. The second kappa shape index (κ2) is 4.60. The molecule has 3 heteroatoms. The van der Waals surface area contributed by atoms with Crippen LogP contribution in [0, 0.1) is 0 Å². The van der Waals surface area contributed by atoms with Gasteiger partial charge in [-0.3, -0.25) is 4.68 Å². The van der Waals surface area contributed by atoms with Crippen LogP contribution in [0.3, 0.4) is 0 Å². The van der Waals surface area contributed by atoms with Crippen LogP contribution >= 0.6 is 0 Å². The van der Waals surface area contributed by atoms with Gasteiger partial charge < -0.3 is 4.79 Å². The Morgan fingerprint density at radius 1 is 1.47 bits per heavy atom. The first-order chi connectivity index (χ1) is 6.95. The molecule has 0 aliphatic rings. The second-order valence-electron chi connectivity index (χ2n) is 4.95. The van der Waals surface area contributed by atoms with E-state index in [1.54, 1.807) is 0 Å². The third-order valence-corrected chi connectivity index (χ3v) is 2.50. The first kappa shape index (κ1) is 12.0. The Balaban J connectivity index is 2.73. The van der Waals surface area contributed by atoms with Gasteiger partial charge in [0.15, 0.2) is 0 Å². The number of carbonyl (C=O) groups excluding carboxylic acids is 1. The highest BCUT2D eigenvalue weighted by Gasteiger charge is 2.18. The van der Waals surface area contributed by atoms with Crippen LogP contribution in [-0.2, 0) is 23.7 Å². The first-order valence-electron chi connectivity index (χ1n) is 5.42. The lowest BCUT2D eigenvalue weighted by atomic mass is 9.92. The summed E-state index contributed by atoms with van der Waals surface area (Å²) < 4.78 is 1.92. The fourth-order valence-corrected chi connectivity index (χ4v) is 1.47. The molecule has 0 fully saturated rings. The molecule has 0 saturated heterocycles. The predicted octanol–water partition coefficient (Wildman–Crippen LogP) is 2.24. The molecule has 0 aliphatic carbocycles. The van der Waals surface area contributed by atoms with Crippen molar-refractivity contribution in [2.45, 2.75) is 45.4 Å². The number of aldehydes is 1. The van der Waals surface area contributed by atoms with Crippen molar-refractivity contribution < 1.29 is 4.79 Å². The van der Waals surface area contributed by atoms with Gasteiger partial charge in [-0.15, -0.1) is 0 Å². The zero-order chi connectivity index (χ0) is 11.5. The average molecular weight is 208 g/mol. The van der Waals surface area contributed by atoms with Crippen molar-refractivity contribution >= 4 is 6.29 Å². The molecule has 0 unspecified atom stereocenters. The Morgan fingerprint density at radius 3 is 2.60 bits per heavy atom. The number of rotatable bonds is 4. The fourth-order valence-electron chi connectivity index (χ4n) is 1.47. The summed E-state index contributed by atoms with van der Waals surface area (Å²) in [6.45, 7) is 6.47. The maximum atomic E-state index is 10.2. The molecule has 1 aromatic rings. The highest BCUT2D eigenvalue weighted by molar-refractivity contribution is 5.49. The van der Waals surface area contributed by atoms with Crippen LogP contribution < -0.4 is 0 Å². The highest BCUT2D eigenvalue weighted by atomic mass is 16.1. The summed E-state index contributed by atoms with van der Waals surface area (Å²) in [5.41, 5.74) is 2.42. The van der Waals surface area contributed by atoms with Gasteiger partial charge in [-0.2, -0.15) is 5.10 Å². The van der Waals surface area contributed by atoms with E-state index >= 15 is 0 Å². The molecule has 15 heavy (non-hydrogen) atoms. The average Bonchev–Trinajstić information content (AvgIpc) is 2.48. The van der Waals surface area contributed by atoms with E-state index in [1.165, 1.54) is 5.69 Å². The van der Waals surface area contributed by atoms with E-state index in [0.29, 0.717) is 6.42 Å². The van der Waals surface area contributed by atoms with Crippen LogP contribution in [0.2, 0.25) is 0 Å². The number of hydrogen-bond donors (Lipinski definition) is 0. The Morgan fingerprint density at radius 2 is 2.13 bits per heavy atom. The SMILES string of the molecule is Cn1nc(C(C)(C)C)cc1CCCC=O. The summed E-state index contributed by atoms with van der Waals surface area (Å²) in [6.07, 6.45) is 3.45. The van der Waals surface area contributed by atoms with Crippen molar-refractivity contribution in [3.05, 3.63) is 17.5 Å². The van der Waals surface area contributed by atoms with E-state index in [2.05, 4.69) is 31.9 Å². The van der Waals surface area contributed by atoms with Crippen molar-refractivity contribution in [2.24, 2.45) is 7.05 Å². The predicted molar refractivity (Wildman–Crippen MR) is 60.9 cm³/mol. The van der Waals surface area contributed by atoms with Gasteiger partial charge in [0.2, 0.25) is 0 Å². The van der Waals surface area contributed by atoms with Gasteiger partial charge >= 0.3 is 0 Å². The molecule has 0 amide bonds. The molecule has 0 atom stereocenters. The summed E-state index contributed by atoms with van der Waals surface area (Å²) in [7, 11) is 1.96. The van der Waals surface area contributed by atoms with Crippen LogP contribution in [0.5, 0.6) is 0 Å². The van der Waals surface area contributed by atoms with Gasteiger partial charge in [-0.05, 0) is 18.9 Å². The molecule has 3 nitrogen and oxygen atoms in total. The lowest BCUT2D eigenvalue weighted by Crippen LogP contribution is -2.12. The molecule has 0 aliphatic heterocycles. The topological polar surface area (TPSA) is 34.9 Å². The third-order valence-electron chi connectivity index (χ3n) is 2.50. The fraction of sp³-hybridized carbons (Fsp3) is 0.667. The molecule has 0 spiro atoms. The van der Waals surface area contributed by atoms with E-state index in [4.69, 9.17) is 0 Å². The van der Waals surface area contributed by atoms with Crippen molar-refractivity contribution in [1.29, 1.82) is 0 Å². The van der Waals surface area contributed by atoms with Gasteiger partial charge in [0, 0.05) is 24.6 Å². The molecule has 0 radical (unpaired) electrons. The molecule has 0 aromatic carbocycles. The molecule has 1 heterocycles. The van der Waals surface area contributed by atoms with Crippen molar-refractivity contribution in [1.82, 2.24) is 9.78 Å². The summed E-state index contributed by atoms with van der Waals surface area (Å²) in [5, 5.41) is 4.49. The molecule has 0 N–H and O–H groups in total. The standard InChI is InChI=1S/C12H20N2O/c1-12(2,3)11-9-10(14(4)13-11)7-5-6-8-15/h8-9H,5-7H2,1-4H3. The largest absolute Gasteiger partial charge is 0.303 e. The van der Waals surface area contributed by atoms with Crippen LogP contribution in [0.25, 0.3) is 0 Å². The van der Waals surface area contributed by atoms with Crippen LogP contribution in [0.4, 0.5) is 0 Å².